The molecule has 2 aromatic rings. The lowest BCUT2D eigenvalue weighted by Crippen LogP contribution is -2.38. The predicted molar refractivity (Wildman–Crippen MR) is 139 cm³/mol. The normalized spacial score (nSPS) is 16.1. The van der Waals surface area contributed by atoms with Gasteiger partial charge in [0.15, 0.2) is 5.96 Å². The van der Waals surface area contributed by atoms with Crippen molar-refractivity contribution in [1.29, 1.82) is 0 Å². The van der Waals surface area contributed by atoms with Gasteiger partial charge in [0.25, 0.3) is 0 Å². The molecule has 5 nitrogen and oxygen atoms in total. The zero-order valence-corrected chi connectivity index (χ0v) is 21.4. The van der Waals surface area contributed by atoms with Crippen LogP contribution in [0.5, 0.6) is 0 Å². The highest BCUT2D eigenvalue weighted by Crippen LogP contribution is 2.19. The van der Waals surface area contributed by atoms with Gasteiger partial charge < -0.3 is 15.5 Å². The first-order chi connectivity index (χ1) is 15.0. The van der Waals surface area contributed by atoms with Crippen molar-refractivity contribution in [3.63, 3.8) is 0 Å². The molecule has 3 rings (SSSR count). The molecule has 0 saturated carbocycles. The van der Waals surface area contributed by atoms with E-state index in [-0.39, 0.29) is 41.6 Å². The highest BCUT2D eigenvalue weighted by atomic mass is 127. The monoisotopic (exact) mass is 572 g/mol. The van der Waals surface area contributed by atoms with Gasteiger partial charge in [-0.2, -0.15) is 0 Å². The van der Waals surface area contributed by atoms with Gasteiger partial charge in [-0.3, -0.25) is 9.79 Å². The van der Waals surface area contributed by atoms with Crippen molar-refractivity contribution in [1.82, 2.24) is 15.5 Å². The maximum Gasteiger partial charge on any atom is 0.223 e. The Morgan fingerprint density at radius 3 is 2.69 bits per heavy atom. The number of benzene rings is 2. The number of aliphatic imine (C=N–C) groups is 1. The van der Waals surface area contributed by atoms with Gasteiger partial charge in [-0.05, 0) is 43.0 Å². The van der Waals surface area contributed by atoms with E-state index in [0.29, 0.717) is 31.0 Å². The fourth-order valence-corrected chi connectivity index (χ4v) is 3.96. The first-order valence-corrected chi connectivity index (χ1v) is 11.2. The van der Waals surface area contributed by atoms with Gasteiger partial charge in [0.2, 0.25) is 5.91 Å². The molecule has 2 N–H and O–H groups in total. The van der Waals surface area contributed by atoms with E-state index < -0.39 is 0 Å². The lowest BCUT2D eigenvalue weighted by atomic mass is 10.1. The molecule has 1 aliphatic heterocycles. The number of likely N-dealkylation sites (tertiary alicyclic amines) is 1. The SMILES string of the molecule is CCNC(=NCC1CC(=O)N(CCc2ccccc2)C1)NCCc1ccc(F)cc1Cl.I. The van der Waals surface area contributed by atoms with Gasteiger partial charge in [-0.15, -0.1) is 24.0 Å². The molecule has 8 heteroatoms. The van der Waals surface area contributed by atoms with Gasteiger partial charge in [0, 0.05) is 50.1 Å². The second-order valence-corrected chi connectivity index (χ2v) is 8.18. The Kier molecular flexibility index (Phi) is 11.2. The van der Waals surface area contributed by atoms with Crippen molar-refractivity contribution in [3.05, 3.63) is 70.5 Å². The molecule has 32 heavy (non-hydrogen) atoms. The summed E-state index contributed by atoms with van der Waals surface area (Å²) in [5, 5.41) is 6.96. The lowest BCUT2D eigenvalue weighted by molar-refractivity contribution is -0.127. The molecule has 1 saturated heterocycles. The van der Waals surface area contributed by atoms with Gasteiger partial charge in [-0.25, -0.2) is 4.39 Å². The average molecular weight is 573 g/mol. The Morgan fingerprint density at radius 1 is 1.19 bits per heavy atom. The fourth-order valence-electron chi connectivity index (χ4n) is 3.70. The molecule has 1 heterocycles. The third-order valence-corrected chi connectivity index (χ3v) is 5.71. The molecule has 0 bridgehead atoms. The van der Waals surface area contributed by atoms with Gasteiger partial charge in [-0.1, -0.05) is 48.0 Å². The maximum absolute atomic E-state index is 13.2. The quantitative estimate of drug-likeness (QED) is 0.268. The molecular formula is C24H31ClFIN4O. The zero-order chi connectivity index (χ0) is 22.1. The summed E-state index contributed by atoms with van der Waals surface area (Å²) in [5.74, 6) is 0.821. The molecule has 1 aliphatic rings. The Balaban J connectivity index is 0.00000363. The van der Waals surface area contributed by atoms with Gasteiger partial charge in [0.05, 0.1) is 0 Å². The molecule has 0 spiro atoms. The second-order valence-electron chi connectivity index (χ2n) is 7.78. The number of nitrogens with zero attached hydrogens (tertiary/aromatic N) is 2. The Morgan fingerprint density at radius 2 is 1.97 bits per heavy atom. The summed E-state index contributed by atoms with van der Waals surface area (Å²) < 4.78 is 13.2. The number of guanidine groups is 1. The molecule has 0 radical (unpaired) electrons. The average Bonchev–Trinajstić information content (AvgIpc) is 3.12. The smallest absolute Gasteiger partial charge is 0.223 e. The van der Waals surface area contributed by atoms with Crippen LogP contribution in [-0.2, 0) is 17.6 Å². The van der Waals surface area contributed by atoms with Crippen LogP contribution in [0.3, 0.4) is 0 Å². The van der Waals surface area contributed by atoms with Crippen LogP contribution in [0, 0.1) is 11.7 Å². The summed E-state index contributed by atoms with van der Waals surface area (Å²) in [7, 11) is 0. The van der Waals surface area contributed by atoms with Crippen LogP contribution >= 0.6 is 35.6 Å². The summed E-state index contributed by atoms with van der Waals surface area (Å²) >= 11 is 6.10. The van der Waals surface area contributed by atoms with Crippen molar-refractivity contribution in [2.24, 2.45) is 10.9 Å². The van der Waals surface area contributed by atoms with Crippen LogP contribution in [0.1, 0.15) is 24.5 Å². The summed E-state index contributed by atoms with van der Waals surface area (Å²) in [6, 6.07) is 14.7. The number of nitrogens with one attached hydrogen (secondary N) is 2. The number of carbonyl (C=O) groups excluding carboxylic acids is 1. The summed E-state index contributed by atoms with van der Waals surface area (Å²) in [4.78, 5) is 19.0. The van der Waals surface area contributed by atoms with E-state index in [4.69, 9.17) is 11.6 Å². The highest BCUT2D eigenvalue weighted by Gasteiger charge is 2.29. The molecule has 174 valence electrons. The van der Waals surface area contributed by atoms with E-state index in [2.05, 4.69) is 27.8 Å². The van der Waals surface area contributed by atoms with E-state index >= 15 is 0 Å². The number of rotatable bonds is 9. The second kappa shape index (κ2) is 13.6. The van der Waals surface area contributed by atoms with Crippen LogP contribution in [0.25, 0.3) is 0 Å². The Hall–Kier alpha value is -1.87. The van der Waals surface area contributed by atoms with E-state index in [1.165, 1.54) is 17.7 Å². The number of amides is 1. The topological polar surface area (TPSA) is 56.7 Å². The van der Waals surface area contributed by atoms with Crippen LogP contribution < -0.4 is 10.6 Å². The van der Waals surface area contributed by atoms with Crippen LogP contribution in [0.15, 0.2) is 53.5 Å². The molecule has 0 aromatic heterocycles. The van der Waals surface area contributed by atoms with E-state index in [9.17, 15) is 9.18 Å². The highest BCUT2D eigenvalue weighted by molar-refractivity contribution is 14.0. The number of hydrogen-bond acceptors (Lipinski definition) is 2. The van der Waals surface area contributed by atoms with Gasteiger partial charge >= 0.3 is 0 Å². The Labute approximate surface area is 211 Å². The minimum Gasteiger partial charge on any atom is -0.357 e. The zero-order valence-electron chi connectivity index (χ0n) is 18.3. The Bertz CT molecular complexity index is 897. The van der Waals surface area contributed by atoms with Crippen molar-refractivity contribution >= 4 is 47.4 Å². The number of carbonyl (C=O) groups is 1. The first-order valence-electron chi connectivity index (χ1n) is 10.8. The van der Waals surface area contributed by atoms with Crippen molar-refractivity contribution in [2.75, 3.05) is 32.7 Å². The largest absolute Gasteiger partial charge is 0.357 e. The summed E-state index contributed by atoms with van der Waals surface area (Å²) in [6.45, 7) is 5.48. The molecule has 1 atom stereocenters. The molecule has 1 fully saturated rings. The first kappa shape index (κ1) is 26.4. The summed E-state index contributed by atoms with van der Waals surface area (Å²) in [5.41, 5.74) is 2.14. The van der Waals surface area contributed by atoms with E-state index in [1.54, 1.807) is 6.07 Å². The van der Waals surface area contributed by atoms with E-state index in [0.717, 1.165) is 37.6 Å². The standard InChI is InChI=1S/C24H30ClFN4O.HI/c1-2-27-24(28-12-10-20-8-9-21(26)15-22(20)25)29-16-19-14-23(31)30(17-19)13-11-18-6-4-3-5-7-18;/h3-9,15,19H,2,10-14,16-17H2,1H3,(H2,27,28,29);1H. The minimum absolute atomic E-state index is 0. The summed E-state index contributed by atoms with van der Waals surface area (Å²) in [6.07, 6.45) is 2.08. The van der Waals surface area contributed by atoms with Crippen molar-refractivity contribution in [2.45, 2.75) is 26.2 Å². The molecule has 0 aliphatic carbocycles. The van der Waals surface area contributed by atoms with Crippen molar-refractivity contribution < 1.29 is 9.18 Å². The third kappa shape index (κ3) is 8.24. The van der Waals surface area contributed by atoms with Crippen LogP contribution in [0.2, 0.25) is 5.02 Å². The van der Waals surface area contributed by atoms with E-state index in [1.807, 2.05) is 30.0 Å². The van der Waals surface area contributed by atoms with Gasteiger partial charge in [0.1, 0.15) is 5.82 Å². The number of hydrogen-bond donors (Lipinski definition) is 2. The van der Waals surface area contributed by atoms with Crippen LogP contribution in [-0.4, -0.2) is 49.5 Å². The number of halogens is 3. The third-order valence-electron chi connectivity index (χ3n) is 5.36. The molecule has 2 aromatic carbocycles. The molecule has 1 unspecified atom stereocenters. The van der Waals surface area contributed by atoms with Crippen molar-refractivity contribution in [3.8, 4) is 0 Å². The van der Waals surface area contributed by atoms with Crippen LogP contribution in [0.4, 0.5) is 4.39 Å². The molecular weight excluding hydrogens is 542 g/mol. The minimum atomic E-state index is -0.333. The molecule has 1 amide bonds. The maximum atomic E-state index is 13.2. The lowest BCUT2D eigenvalue weighted by Gasteiger charge is -2.16. The predicted octanol–water partition coefficient (Wildman–Crippen LogP) is 4.29. The fraction of sp³-hybridized carbons (Fsp3) is 0.417.